The normalized spacial score (nSPS) is 14.4. The van der Waals surface area contributed by atoms with E-state index in [4.69, 9.17) is 0 Å². The van der Waals surface area contributed by atoms with Gasteiger partial charge in [0, 0.05) is 25.4 Å². The van der Waals surface area contributed by atoms with E-state index in [0.717, 1.165) is 18.4 Å². The SMILES string of the molecule is CC(C)Cn1c(=O)c2ccccc2n2c(CCC(=O)NC3CC3)nnc12. The van der Waals surface area contributed by atoms with Crippen LogP contribution in [0.25, 0.3) is 16.7 Å². The lowest BCUT2D eigenvalue weighted by Gasteiger charge is -2.13. The summed E-state index contributed by atoms with van der Waals surface area (Å²) < 4.78 is 3.61. The molecule has 1 N–H and O–H groups in total. The Bertz CT molecular complexity index is 1030. The lowest BCUT2D eigenvalue weighted by molar-refractivity contribution is -0.121. The zero-order chi connectivity index (χ0) is 18.3. The zero-order valence-electron chi connectivity index (χ0n) is 15.1. The molecule has 0 saturated heterocycles. The smallest absolute Gasteiger partial charge is 0.262 e. The van der Waals surface area contributed by atoms with Crippen molar-refractivity contribution in [3.8, 4) is 0 Å². The second-order valence-corrected chi connectivity index (χ2v) is 7.42. The third kappa shape index (κ3) is 3.09. The van der Waals surface area contributed by atoms with Gasteiger partial charge in [-0.3, -0.25) is 18.6 Å². The number of nitrogens with one attached hydrogen (secondary N) is 1. The summed E-state index contributed by atoms with van der Waals surface area (Å²) >= 11 is 0. The van der Waals surface area contributed by atoms with Crippen LogP contribution in [0.5, 0.6) is 0 Å². The third-order valence-corrected chi connectivity index (χ3v) is 4.64. The van der Waals surface area contributed by atoms with Crippen molar-refractivity contribution in [2.45, 2.75) is 52.1 Å². The van der Waals surface area contributed by atoms with Gasteiger partial charge < -0.3 is 5.32 Å². The lowest BCUT2D eigenvalue weighted by Crippen LogP contribution is -2.26. The molecule has 136 valence electrons. The number of para-hydroxylation sites is 1. The summed E-state index contributed by atoms with van der Waals surface area (Å²) in [7, 11) is 0. The lowest BCUT2D eigenvalue weighted by atomic mass is 10.2. The molecule has 7 nitrogen and oxygen atoms in total. The van der Waals surface area contributed by atoms with Gasteiger partial charge >= 0.3 is 0 Å². The average molecular weight is 353 g/mol. The molecule has 0 unspecified atom stereocenters. The van der Waals surface area contributed by atoms with E-state index in [2.05, 4.69) is 29.4 Å². The fourth-order valence-electron chi connectivity index (χ4n) is 3.26. The number of benzene rings is 1. The molecule has 0 atom stereocenters. The molecular weight excluding hydrogens is 330 g/mol. The number of carbonyl (C=O) groups excluding carboxylic acids is 1. The van der Waals surface area contributed by atoms with E-state index >= 15 is 0 Å². The van der Waals surface area contributed by atoms with Crippen LogP contribution < -0.4 is 10.9 Å². The van der Waals surface area contributed by atoms with Crippen LogP contribution in [0.2, 0.25) is 0 Å². The van der Waals surface area contributed by atoms with Crippen molar-refractivity contribution in [2.75, 3.05) is 0 Å². The number of carbonyl (C=O) groups is 1. The van der Waals surface area contributed by atoms with Crippen molar-refractivity contribution in [2.24, 2.45) is 5.92 Å². The van der Waals surface area contributed by atoms with Crippen LogP contribution in [-0.4, -0.2) is 31.1 Å². The van der Waals surface area contributed by atoms with Gasteiger partial charge in [0.15, 0.2) is 0 Å². The minimum Gasteiger partial charge on any atom is -0.353 e. The highest BCUT2D eigenvalue weighted by molar-refractivity contribution is 5.80. The summed E-state index contributed by atoms with van der Waals surface area (Å²) in [5.41, 5.74) is 0.738. The Balaban J connectivity index is 1.78. The Morgan fingerprint density at radius 2 is 2.04 bits per heavy atom. The van der Waals surface area contributed by atoms with E-state index < -0.39 is 0 Å². The molecule has 1 aromatic carbocycles. The van der Waals surface area contributed by atoms with Crippen molar-refractivity contribution < 1.29 is 4.79 Å². The van der Waals surface area contributed by atoms with Crippen molar-refractivity contribution in [1.82, 2.24) is 24.5 Å². The van der Waals surface area contributed by atoms with E-state index in [1.807, 2.05) is 28.7 Å². The molecule has 1 fully saturated rings. The number of hydrogen-bond donors (Lipinski definition) is 1. The number of amides is 1. The number of nitrogens with zero attached hydrogens (tertiary/aromatic N) is 4. The highest BCUT2D eigenvalue weighted by atomic mass is 16.1. The zero-order valence-corrected chi connectivity index (χ0v) is 15.1. The summed E-state index contributed by atoms with van der Waals surface area (Å²) in [6.07, 6.45) is 3.01. The molecule has 7 heteroatoms. The summed E-state index contributed by atoms with van der Waals surface area (Å²) in [4.78, 5) is 24.9. The Kier molecular flexibility index (Phi) is 4.22. The molecule has 0 aliphatic heterocycles. The van der Waals surface area contributed by atoms with Gasteiger partial charge in [-0.2, -0.15) is 0 Å². The molecule has 1 amide bonds. The second kappa shape index (κ2) is 6.55. The Morgan fingerprint density at radius 3 is 2.77 bits per heavy atom. The third-order valence-electron chi connectivity index (χ3n) is 4.64. The van der Waals surface area contributed by atoms with Gasteiger partial charge in [0.1, 0.15) is 5.82 Å². The molecule has 1 saturated carbocycles. The number of rotatable bonds is 6. The van der Waals surface area contributed by atoms with Crippen molar-refractivity contribution in [3.63, 3.8) is 0 Å². The topological polar surface area (TPSA) is 81.3 Å². The maximum atomic E-state index is 12.9. The summed E-state index contributed by atoms with van der Waals surface area (Å²) in [6, 6.07) is 7.85. The number of aromatic nitrogens is 4. The van der Waals surface area contributed by atoms with Crippen LogP contribution in [0.3, 0.4) is 0 Å². The molecule has 2 aromatic heterocycles. The Hall–Kier alpha value is -2.70. The number of aryl methyl sites for hydroxylation is 1. The molecule has 26 heavy (non-hydrogen) atoms. The van der Waals surface area contributed by atoms with Crippen LogP contribution >= 0.6 is 0 Å². The first-order valence-electron chi connectivity index (χ1n) is 9.19. The molecule has 2 heterocycles. The van der Waals surface area contributed by atoms with E-state index in [1.165, 1.54) is 0 Å². The van der Waals surface area contributed by atoms with Gasteiger partial charge in [-0.25, -0.2) is 0 Å². The molecule has 4 rings (SSSR count). The van der Waals surface area contributed by atoms with E-state index in [9.17, 15) is 9.59 Å². The molecule has 0 radical (unpaired) electrons. The van der Waals surface area contributed by atoms with Crippen molar-refractivity contribution in [1.29, 1.82) is 0 Å². The monoisotopic (exact) mass is 353 g/mol. The largest absolute Gasteiger partial charge is 0.353 e. The average Bonchev–Trinajstić information content (AvgIpc) is 3.32. The fraction of sp³-hybridized carbons (Fsp3) is 0.474. The van der Waals surface area contributed by atoms with E-state index in [0.29, 0.717) is 48.3 Å². The second-order valence-electron chi connectivity index (χ2n) is 7.42. The van der Waals surface area contributed by atoms with Gasteiger partial charge in [0.2, 0.25) is 11.7 Å². The Labute approximate surface area is 151 Å². The number of hydrogen-bond acceptors (Lipinski definition) is 4. The first-order valence-corrected chi connectivity index (χ1v) is 9.19. The van der Waals surface area contributed by atoms with Gasteiger partial charge in [0.25, 0.3) is 5.56 Å². The Morgan fingerprint density at radius 1 is 1.27 bits per heavy atom. The van der Waals surface area contributed by atoms with Crippen LogP contribution in [-0.2, 0) is 17.8 Å². The van der Waals surface area contributed by atoms with E-state index in [-0.39, 0.29) is 11.5 Å². The predicted molar refractivity (Wildman–Crippen MR) is 99.1 cm³/mol. The molecule has 0 bridgehead atoms. The summed E-state index contributed by atoms with van der Waals surface area (Å²) in [6.45, 7) is 4.71. The first kappa shape index (κ1) is 16.8. The number of fused-ring (bicyclic) bond motifs is 3. The fourth-order valence-corrected chi connectivity index (χ4v) is 3.26. The minimum atomic E-state index is -0.0489. The quantitative estimate of drug-likeness (QED) is 0.734. The molecule has 1 aliphatic rings. The molecule has 0 spiro atoms. The van der Waals surface area contributed by atoms with Crippen molar-refractivity contribution >= 4 is 22.6 Å². The highest BCUT2D eigenvalue weighted by Crippen LogP contribution is 2.19. The van der Waals surface area contributed by atoms with Crippen molar-refractivity contribution in [3.05, 3.63) is 40.4 Å². The maximum Gasteiger partial charge on any atom is 0.262 e. The molecular formula is C19H23N5O2. The van der Waals surface area contributed by atoms with E-state index in [1.54, 1.807) is 4.57 Å². The van der Waals surface area contributed by atoms with Crippen LogP contribution in [0.15, 0.2) is 29.1 Å². The molecule has 3 aromatic rings. The molecule has 1 aliphatic carbocycles. The first-order chi connectivity index (χ1) is 12.5. The van der Waals surface area contributed by atoms with Gasteiger partial charge in [-0.05, 0) is 30.9 Å². The summed E-state index contributed by atoms with van der Waals surface area (Å²) in [5.74, 6) is 1.60. The minimum absolute atomic E-state index is 0.0454. The predicted octanol–water partition coefficient (Wildman–Crippen LogP) is 1.91. The maximum absolute atomic E-state index is 12.9. The van der Waals surface area contributed by atoms with Gasteiger partial charge in [-0.1, -0.05) is 26.0 Å². The van der Waals surface area contributed by atoms with Crippen LogP contribution in [0.4, 0.5) is 0 Å². The summed E-state index contributed by atoms with van der Waals surface area (Å²) in [5, 5.41) is 12.2. The van der Waals surface area contributed by atoms with Crippen LogP contribution in [0, 0.1) is 5.92 Å². The van der Waals surface area contributed by atoms with Gasteiger partial charge in [-0.15, -0.1) is 10.2 Å². The standard InChI is InChI=1S/C19H23N5O2/c1-12(2)11-23-18(26)14-5-3-4-6-15(14)24-16(21-22-19(23)24)9-10-17(25)20-13-7-8-13/h3-6,12-13H,7-11H2,1-2H3,(H,20,25). The highest BCUT2D eigenvalue weighted by Gasteiger charge is 2.23. The van der Waals surface area contributed by atoms with Crippen LogP contribution in [0.1, 0.15) is 38.9 Å². The van der Waals surface area contributed by atoms with Gasteiger partial charge in [0.05, 0.1) is 10.9 Å².